The van der Waals surface area contributed by atoms with Crippen molar-refractivity contribution in [2.75, 3.05) is 6.61 Å². The summed E-state index contributed by atoms with van der Waals surface area (Å²) >= 11 is 3.16. The van der Waals surface area contributed by atoms with Gasteiger partial charge < -0.3 is 5.11 Å². The second-order valence-electron chi connectivity index (χ2n) is 3.99. The summed E-state index contributed by atoms with van der Waals surface area (Å²) in [6.07, 6.45) is 2.77. The number of hydrogen-bond acceptors (Lipinski definition) is 4. The lowest BCUT2D eigenvalue weighted by molar-refractivity contribution is 0.227. The maximum absolute atomic E-state index is 12.0. The van der Waals surface area contributed by atoms with Crippen LogP contribution in [0.15, 0.2) is 27.8 Å². The van der Waals surface area contributed by atoms with Gasteiger partial charge in [0.2, 0.25) is 10.0 Å². The van der Waals surface area contributed by atoms with Crippen LogP contribution in [-0.2, 0) is 10.0 Å². The molecule has 0 bridgehead atoms. The minimum Gasteiger partial charge on any atom is -0.395 e. The normalized spacial score (nSPS) is 13.9. The molecule has 0 aliphatic carbocycles. The number of hydrogen-bond donors (Lipinski definition) is 2. The Hall–Kier alpha value is -0.500. The van der Waals surface area contributed by atoms with Crippen LogP contribution < -0.4 is 4.72 Å². The second-order valence-corrected chi connectivity index (χ2v) is 6.62. The Morgan fingerprint density at radius 1 is 1.47 bits per heavy atom. The molecule has 0 fully saturated rings. The highest BCUT2D eigenvalue weighted by Gasteiger charge is 2.22. The maximum Gasteiger partial charge on any atom is 0.242 e. The monoisotopic (exact) mass is 322 g/mol. The van der Waals surface area contributed by atoms with Crippen LogP contribution in [0.4, 0.5) is 0 Å². The summed E-state index contributed by atoms with van der Waals surface area (Å²) in [4.78, 5) is 3.87. The molecule has 96 valence electrons. The standard InChI is InChI=1S/C10H15BrN2O3S/c1-7(2)10(6-14)13-17(15,16)9-3-8(11)4-12-5-9/h3-5,7,10,13-14H,6H2,1-2H3. The Kier molecular flexibility index (Phi) is 5.05. The number of pyridine rings is 1. The van der Waals surface area contributed by atoms with E-state index in [1.165, 1.54) is 18.5 Å². The zero-order valence-corrected chi connectivity index (χ0v) is 12.0. The van der Waals surface area contributed by atoms with Crippen LogP contribution in [0.1, 0.15) is 13.8 Å². The fourth-order valence-electron chi connectivity index (χ4n) is 1.19. The predicted molar refractivity (Wildman–Crippen MR) is 68.0 cm³/mol. The van der Waals surface area contributed by atoms with Crippen molar-refractivity contribution < 1.29 is 13.5 Å². The number of aliphatic hydroxyl groups is 1. The molecule has 0 spiro atoms. The van der Waals surface area contributed by atoms with E-state index in [9.17, 15) is 8.42 Å². The molecule has 7 heteroatoms. The number of aromatic nitrogens is 1. The summed E-state index contributed by atoms with van der Waals surface area (Å²) in [6, 6.07) is 0.961. The molecule has 1 rings (SSSR count). The van der Waals surface area contributed by atoms with E-state index in [2.05, 4.69) is 25.6 Å². The average Bonchev–Trinajstić information content (AvgIpc) is 2.25. The molecule has 0 aromatic carbocycles. The zero-order chi connectivity index (χ0) is 13.1. The fourth-order valence-corrected chi connectivity index (χ4v) is 3.07. The van der Waals surface area contributed by atoms with Crippen molar-refractivity contribution in [1.29, 1.82) is 0 Å². The molecule has 1 atom stereocenters. The fraction of sp³-hybridized carbons (Fsp3) is 0.500. The molecule has 2 N–H and O–H groups in total. The lowest BCUT2D eigenvalue weighted by Gasteiger charge is -2.19. The maximum atomic E-state index is 12.0. The summed E-state index contributed by atoms with van der Waals surface area (Å²) in [7, 11) is -3.64. The third-order valence-electron chi connectivity index (χ3n) is 2.30. The van der Waals surface area contributed by atoms with E-state index in [-0.39, 0.29) is 17.4 Å². The number of rotatable bonds is 5. The Morgan fingerprint density at radius 2 is 2.12 bits per heavy atom. The highest BCUT2D eigenvalue weighted by molar-refractivity contribution is 9.10. The number of halogens is 1. The molecule has 1 aromatic heterocycles. The lowest BCUT2D eigenvalue weighted by atomic mass is 10.1. The molecular formula is C10H15BrN2O3S. The summed E-state index contributed by atoms with van der Waals surface area (Å²) < 4.78 is 27.0. The van der Waals surface area contributed by atoms with Crippen LogP contribution in [-0.4, -0.2) is 31.2 Å². The molecule has 0 saturated heterocycles. The van der Waals surface area contributed by atoms with Crippen molar-refractivity contribution in [3.05, 3.63) is 22.9 Å². The summed E-state index contributed by atoms with van der Waals surface area (Å²) in [5.74, 6) is 0.00915. The van der Waals surface area contributed by atoms with Gasteiger partial charge in [0.1, 0.15) is 4.90 Å². The first-order valence-electron chi connectivity index (χ1n) is 5.10. The van der Waals surface area contributed by atoms with E-state index in [0.717, 1.165) is 0 Å². The Balaban J connectivity index is 2.96. The second kappa shape index (κ2) is 5.90. The number of nitrogens with one attached hydrogen (secondary N) is 1. The highest BCUT2D eigenvalue weighted by Crippen LogP contribution is 2.15. The van der Waals surface area contributed by atoms with Gasteiger partial charge >= 0.3 is 0 Å². The summed E-state index contributed by atoms with van der Waals surface area (Å²) in [5.41, 5.74) is 0. The first-order chi connectivity index (χ1) is 7.86. The largest absolute Gasteiger partial charge is 0.395 e. The van der Waals surface area contributed by atoms with E-state index in [0.29, 0.717) is 4.47 Å². The molecule has 0 radical (unpaired) electrons. The van der Waals surface area contributed by atoms with Gasteiger partial charge in [-0.2, -0.15) is 0 Å². The predicted octanol–water partition coefficient (Wildman–Crippen LogP) is 1.14. The summed E-state index contributed by atoms with van der Waals surface area (Å²) in [6.45, 7) is 3.43. The molecule has 5 nitrogen and oxygen atoms in total. The zero-order valence-electron chi connectivity index (χ0n) is 9.59. The molecule has 0 aliphatic heterocycles. The molecule has 17 heavy (non-hydrogen) atoms. The van der Waals surface area contributed by atoms with Gasteiger partial charge in [-0.25, -0.2) is 13.1 Å². The van der Waals surface area contributed by atoms with Crippen LogP contribution >= 0.6 is 15.9 Å². The van der Waals surface area contributed by atoms with Gasteiger partial charge in [0.25, 0.3) is 0 Å². The van der Waals surface area contributed by atoms with Gasteiger partial charge in [-0.15, -0.1) is 0 Å². The van der Waals surface area contributed by atoms with Gasteiger partial charge in [-0.05, 0) is 27.9 Å². The van der Waals surface area contributed by atoms with E-state index in [1.807, 2.05) is 13.8 Å². The third-order valence-corrected chi connectivity index (χ3v) is 4.19. The molecular weight excluding hydrogens is 308 g/mol. The minimum absolute atomic E-state index is 0.00915. The SMILES string of the molecule is CC(C)C(CO)NS(=O)(=O)c1cncc(Br)c1. The Bertz CT molecular complexity index is 476. The molecule has 1 unspecified atom stereocenters. The van der Waals surface area contributed by atoms with E-state index < -0.39 is 16.1 Å². The molecule has 0 amide bonds. The van der Waals surface area contributed by atoms with Crippen LogP contribution in [0.25, 0.3) is 0 Å². The molecule has 1 heterocycles. The quantitative estimate of drug-likeness (QED) is 0.852. The molecule has 1 aromatic rings. The lowest BCUT2D eigenvalue weighted by Crippen LogP contribution is -2.41. The Morgan fingerprint density at radius 3 is 2.59 bits per heavy atom. The van der Waals surface area contributed by atoms with Gasteiger partial charge in [0, 0.05) is 22.9 Å². The van der Waals surface area contributed by atoms with Crippen molar-refractivity contribution >= 4 is 26.0 Å². The minimum atomic E-state index is -3.64. The van der Waals surface area contributed by atoms with E-state index >= 15 is 0 Å². The molecule has 0 saturated carbocycles. The smallest absolute Gasteiger partial charge is 0.242 e. The van der Waals surface area contributed by atoms with Crippen LogP contribution in [0.2, 0.25) is 0 Å². The first-order valence-corrected chi connectivity index (χ1v) is 7.38. The van der Waals surface area contributed by atoms with Crippen molar-refractivity contribution in [3.8, 4) is 0 Å². The Labute approximate surface area is 109 Å². The van der Waals surface area contributed by atoms with Crippen molar-refractivity contribution in [3.63, 3.8) is 0 Å². The topological polar surface area (TPSA) is 79.3 Å². The van der Waals surface area contributed by atoms with Crippen molar-refractivity contribution in [2.45, 2.75) is 24.8 Å². The van der Waals surface area contributed by atoms with Crippen molar-refractivity contribution in [2.24, 2.45) is 5.92 Å². The average molecular weight is 323 g/mol. The number of aliphatic hydroxyl groups excluding tert-OH is 1. The highest BCUT2D eigenvalue weighted by atomic mass is 79.9. The van der Waals surface area contributed by atoms with Crippen molar-refractivity contribution in [1.82, 2.24) is 9.71 Å². The third kappa shape index (κ3) is 4.02. The van der Waals surface area contributed by atoms with Gasteiger partial charge in [-0.3, -0.25) is 4.98 Å². The molecule has 0 aliphatic rings. The number of sulfonamides is 1. The van der Waals surface area contributed by atoms with E-state index in [1.54, 1.807) is 0 Å². The first kappa shape index (κ1) is 14.6. The number of nitrogens with zero attached hydrogens (tertiary/aromatic N) is 1. The van der Waals surface area contributed by atoms with Crippen LogP contribution in [0, 0.1) is 5.92 Å². The van der Waals surface area contributed by atoms with Crippen LogP contribution in [0.5, 0.6) is 0 Å². The van der Waals surface area contributed by atoms with Gasteiger partial charge in [-0.1, -0.05) is 13.8 Å². The van der Waals surface area contributed by atoms with Gasteiger partial charge in [0.15, 0.2) is 0 Å². The van der Waals surface area contributed by atoms with Crippen LogP contribution in [0.3, 0.4) is 0 Å². The summed E-state index contributed by atoms with van der Waals surface area (Å²) in [5, 5.41) is 9.11. The van der Waals surface area contributed by atoms with E-state index in [4.69, 9.17) is 5.11 Å². The van der Waals surface area contributed by atoms with Gasteiger partial charge in [0.05, 0.1) is 6.61 Å².